The molecule has 0 aliphatic heterocycles. The molecule has 120 valence electrons. The topological polar surface area (TPSA) is 49.3 Å². The van der Waals surface area contributed by atoms with Crippen LogP contribution >= 0.6 is 0 Å². The van der Waals surface area contributed by atoms with Crippen molar-refractivity contribution >= 4 is 5.91 Å². The molecule has 0 radical (unpaired) electrons. The highest BCUT2D eigenvalue weighted by atomic mass is 19.1. The standard InChI is InChI=1S/C18H17F2NO2/c19-12-5-3-4-11(8-12)17(22)10-18(23)21-16-9-14(16)13-6-1-2-7-15(13)20/h1-8,14,16-17,22H,9-10H2,(H,21,23). The molecular weight excluding hydrogens is 300 g/mol. The number of aliphatic hydroxyl groups excluding tert-OH is 1. The summed E-state index contributed by atoms with van der Waals surface area (Å²) in [5.41, 5.74) is 0.963. The Bertz CT molecular complexity index is 720. The number of rotatable bonds is 5. The molecule has 0 spiro atoms. The number of halogens is 2. The molecule has 3 atom stereocenters. The molecule has 0 heterocycles. The number of amides is 1. The summed E-state index contributed by atoms with van der Waals surface area (Å²) in [7, 11) is 0. The maximum absolute atomic E-state index is 13.7. The van der Waals surface area contributed by atoms with Crippen LogP contribution in [0.2, 0.25) is 0 Å². The predicted molar refractivity (Wildman–Crippen MR) is 81.7 cm³/mol. The second-order valence-electron chi connectivity index (χ2n) is 5.81. The van der Waals surface area contributed by atoms with E-state index in [1.807, 2.05) is 0 Å². The third-order valence-electron chi connectivity index (χ3n) is 4.05. The number of hydrogen-bond donors (Lipinski definition) is 2. The van der Waals surface area contributed by atoms with Crippen LogP contribution in [0.3, 0.4) is 0 Å². The van der Waals surface area contributed by atoms with Gasteiger partial charge in [0.2, 0.25) is 5.91 Å². The Labute approximate surface area is 133 Å². The SMILES string of the molecule is O=C(CC(O)c1cccc(F)c1)NC1CC1c1ccccc1F. The largest absolute Gasteiger partial charge is 0.388 e. The first-order valence-corrected chi connectivity index (χ1v) is 7.52. The van der Waals surface area contributed by atoms with Gasteiger partial charge in [-0.3, -0.25) is 4.79 Å². The van der Waals surface area contributed by atoms with Gasteiger partial charge in [0.25, 0.3) is 0 Å². The minimum atomic E-state index is -1.06. The second kappa shape index (κ2) is 6.46. The first kappa shape index (κ1) is 15.6. The molecule has 1 fully saturated rings. The minimum Gasteiger partial charge on any atom is -0.388 e. The maximum atomic E-state index is 13.7. The van der Waals surface area contributed by atoms with E-state index in [1.54, 1.807) is 24.3 Å². The number of hydrogen-bond acceptors (Lipinski definition) is 2. The number of benzene rings is 2. The lowest BCUT2D eigenvalue weighted by atomic mass is 10.1. The van der Waals surface area contributed by atoms with Gasteiger partial charge in [0.05, 0.1) is 12.5 Å². The average molecular weight is 317 g/mol. The summed E-state index contributed by atoms with van der Waals surface area (Å²) in [4.78, 5) is 12.0. The van der Waals surface area contributed by atoms with E-state index in [2.05, 4.69) is 5.32 Å². The average Bonchev–Trinajstić information content (AvgIpc) is 3.26. The Morgan fingerprint density at radius 3 is 2.74 bits per heavy atom. The molecule has 2 aromatic carbocycles. The molecule has 3 rings (SSSR count). The van der Waals surface area contributed by atoms with Crippen molar-refractivity contribution in [3.63, 3.8) is 0 Å². The van der Waals surface area contributed by atoms with Gasteiger partial charge in [-0.05, 0) is 35.7 Å². The van der Waals surface area contributed by atoms with E-state index in [9.17, 15) is 18.7 Å². The Hall–Kier alpha value is -2.27. The Morgan fingerprint density at radius 2 is 2.00 bits per heavy atom. The van der Waals surface area contributed by atoms with E-state index in [1.165, 1.54) is 24.3 Å². The monoisotopic (exact) mass is 317 g/mol. The molecule has 1 aliphatic carbocycles. The third-order valence-corrected chi connectivity index (χ3v) is 4.05. The lowest BCUT2D eigenvalue weighted by Gasteiger charge is -2.11. The molecule has 5 heteroatoms. The summed E-state index contributed by atoms with van der Waals surface area (Å²) in [5.74, 6) is -1.07. The van der Waals surface area contributed by atoms with E-state index >= 15 is 0 Å². The highest BCUT2D eigenvalue weighted by Crippen LogP contribution is 2.41. The predicted octanol–water partition coefficient (Wildman–Crippen LogP) is 3.06. The first-order chi connectivity index (χ1) is 11.0. The van der Waals surface area contributed by atoms with Crippen LogP contribution in [-0.4, -0.2) is 17.1 Å². The van der Waals surface area contributed by atoms with Gasteiger partial charge >= 0.3 is 0 Å². The molecule has 0 aromatic heterocycles. The fourth-order valence-electron chi connectivity index (χ4n) is 2.75. The van der Waals surface area contributed by atoms with Gasteiger partial charge in [0, 0.05) is 12.0 Å². The highest BCUT2D eigenvalue weighted by Gasteiger charge is 2.41. The van der Waals surface area contributed by atoms with Crippen molar-refractivity contribution in [1.29, 1.82) is 0 Å². The molecular formula is C18H17F2NO2. The van der Waals surface area contributed by atoms with Crippen LogP contribution in [0.25, 0.3) is 0 Å². The molecule has 0 bridgehead atoms. The summed E-state index contributed by atoms with van der Waals surface area (Å²) in [6.45, 7) is 0. The Kier molecular flexibility index (Phi) is 4.39. The molecule has 1 aliphatic rings. The zero-order valence-electron chi connectivity index (χ0n) is 12.4. The highest BCUT2D eigenvalue weighted by molar-refractivity contribution is 5.77. The summed E-state index contributed by atoms with van der Waals surface area (Å²) in [6, 6.07) is 11.9. The van der Waals surface area contributed by atoms with Crippen LogP contribution < -0.4 is 5.32 Å². The maximum Gasteiger partial charge on any atom is 0.223 e. The van der Waals surface area contributed by atoms with E-state index < -0.39 is 11.9 Å². The molecule has 1 amide bonds. The van der Waals surface area contributed by atoms with Gasteiger partial charge in [-0.25, -0.2) is 8.78 Å². The van der Waals surface area contributed by atoms with Gasteiger partial charge in [0.1, 0.15) is 11.6 Å². The van der Waals surface area contributed by atoms with Gasteiger partial charge in [-0.1, -0.05) is 30.3 Å². The van der Waals surface area contributed by atoms with Crippen molar-refractivity contribution in [2.45, 2.75) is 30.9 Å². The van der Waals surface area contributed by atoms with Crippen LogP contribution in [0.15, 0.2) is 48.5 Å². The fraction of sp³-hybridized carbons (Fsp3) is 0.278. The number of carbonyl (C=O) groups excluding carboxylic acids is 1. The lowest BCUT2D eigenvalue weighted by molar-refractivity contribution is -0.123. The van der Waals surface area contributed by atoms with Crippen LogP contribution in [0.1, 0.15) is 36.0 Å². The van der Waals surface area contributed by atoms with Crippen molar-refractivity contribution < 1.29 is 18.7 Å². The summed E-state index contributed by atoms with van der Waals surface area (Å²) >= 11 is 0. The Morgan fingerprint density at radius 1 is 1.22 bits per heavy atom. The van der Waals surface area contributed by atoms with E-state index in [-0.39, 0.29) is 30.1 Å². The van der Waals surface area contributed by atoms with E-state index in [0.717, 1.165) is 0 Å². The zero-order valence-corrected chi connectivity index (χ0v) is 12.4. The second-order valence-corrected chi connectivity index (χ2v) is 5.81. The van der Waals surface area contributed by atoms with Crippen LogP contribution in [0.4, 0.5) is 8.78 Å². The quantitative estimate of drug-likeness (QED) is 0.890. The van der Waals surface area contributed by atoms with E-state index in [4.69, 9.17) is 0 Å². The number of nitrogens with one attached hydrogen (secondary N) is 1. The minimum absolute atomic E-state index is 0.0218. The molecule has 2 N–H and O–H groups in total. The Balaban J connectivity index is 1.54. The van der Waals surface area contributed by atoms with Crippen molar-refractivity contribution in [3.05, 3.63) is 71.3 Å². The molecule has 23 heavy (non-hydrogen) atoms. The molecule has 3 unspecified atom stereocenters. The van der Waals surface area contributed by atoms with Crippen LogP contribution in [0.5, 0.6) is 0 Å². The first-order valence-electron chi connectivity index (χ1n) is 7.52. The summed E-state index contributed by atoms with van der Waals surface area (Å²) < 4.78 is 26.8. The van der Waals surface area contributed by atoms with Gasteiger partial charge < -0.3 is 10.4 Å². The van der Waals surface area contributed by atoms with Crippen molar-refractivity contribution in [1.82, 2.24) is 5.32 Å². The third kappa shape index (κ3) is 3.74. The zero-order chi connectivity index (χ0) is 16.4. The molecule has 3 nitrogen and oxygen atoms in total. The number of carbonyl (C=O) groups is 1. The lowest BCUT2D eigenvalue weighted by Crippen LogP contribution is -2.28. The van der Waals surface area contributed by atoms with Gasteiger partial charge in [-0.15, -0.1) is 0 Å². The van der Waals surface area contributed by atoms with Crippen molar-refractivity contribution in [2.75, 3.05) is 0 Å². The molecule has 1 saturated carbocycles. The van der Waals surface area contributed by atoms with Crippen LogP contribution in [-0.2, 0) is 4.79 Å². The van der Waals surface area contributed by atoms with Crippen molar-refractivity contribution in [3.8, 4) is 0 Å². The summed E-state index contributed by atoms with van der Waals surface area (Å²) in [5, 5.41) is 12.8. The number of aliphatic hydroxyl groups is 1. The fourth-order valence-corrected chi connectivity index (χ4v) is 2.75. The molecule has 0 saturated heterocycles. The molecule has 2 aromatic rings. The van der Waals surface area contributed by atoms with E-state index in [0.29, 0.717) is 17.5 Å². The summed E-state index contributed by atoms with van der Waals surface area (Å²) in [6.07, 6.45) is -0.525. The van der Waals surface area contributed by atoms with Crippen molar-refractivity contribution in [2.24, 2.45) is 0 Å². The normalized spacial score (nSPS) is 20.8. The van der Waals surface area contributed by atoms with Gasteiger partial charge in [0.15, 0.2) is 0 Å². The van der Waals surface area contributed by atoms with Crippen LogP contribution in [0, 0.1) is 11.6 Å². The smallest absolute Gasteiger partial charge is 0.223 e. The van der Waals surface area contributed by atoms with Gasteiger partial charge in [-0.2, -0.15) is 0 Å².